The molecule has 5 heteroatoms. The Balaban J connectivity index is 1.97. The molecule has 0 radical (unpaired) electrons. The van der Waals surface area contributed by atoms with E-state index in [0.717, 1.165) is 26.5 Å². The maximum atomic E-state index is 11.9. The van der Waals surface area contributed by atoms with Gasteiger partial charge in [0.15, 0.2) is 0 Å². The molecule has 0 spiro atoms. The zero-order valence-corrected chi connectivity index (χ0v) is 13.0. The van der Waals surface area contributed by atoms with Gasteiger partial charge in [-0.2, -0.15) is 0 Å². The van der Waals surface area contributed by atoms with Gasteiger partial charge in [-0.25, -0.2) is 4.79 Å². The van der Waals surface area contributed by atoms with Gasteiger partial charge in [0.05, 0.1) is 11.6 Å². The predicted octanol–water partition coefficient (Wildman–Crippen LogP) is 4.19. The number of fused-ring (bicyclic) bond motifs is 3. The summed E-state index contributed by atoms with van der Waals surface area (Å²) in [6, 6.07) is 15.2. The van der Waals surface area contributed by atoms with Gasteiger partial charge >= 0.3 is 6.09 Å². The molecule has 1 amide bonds. The summed E-state index contributed by atoms with van der Waals surface area (Å²) >= 11 is 3.43. The fourth-order valence-electron chi connectivity index (χ4n) is 2.77. The van der Waals surface area contributed by atoms with Crippen molar-refractivity contribution in [2.75, 3.05) is 0 Å². The summed E-state index contributed by atoms with van der Waals surface area (Å²) in [6.45, 7) is 0. The minimum atomic E-state index is -0.441. The van der Waals surface area contributed by atoms with E-state index in [-0.39, 0.29) is 6.04 Å². The first-order valence-corrected chi connectivity index (χ1v) is 7.63. The molecule has 1 aromatic heterocycles. The van der Waals surface area contributed by atoms with Gasteiger partial charge < -0.3 is 10.1 Å². The Labute approximate surface area is 135 Å². The maximum absolute atomic E-state index is 11.9. The fraction of sp³-hybridized carbons (Fsp3) is 0.0588. The van der Waals surface area contributed by atoms with Crippen molar-refractivity contribution >= 4 is 32.9 Å². The zero-order chi connectivity index (χ0) is 15.1. The largest absolute Gasteiger partial charge is 0.413 e. The van der Waals surface area contributed by atoms with Crippen LogP contribution < -0.4 is 10.1 Å². The van der Waals surface area contributed by atoms with E-state index >= 15 is 0 Å². The van der Waals surface area contributed by atoms with Crippen LogP contribution in [0.4, 0.5) is 4.79 Å². The highest BCUT2D eigenvalue weighted by molar-refractivity contribution is 9.10. The molecule has 1 aliphatic heterocycles. The molecule has 1 unspecified atom stereocenters. The third-order valence-corrected chi connectivity index (χ3v) is 4.27. The first-order chi connectivity index (χ1) is 10.7. The van der Waals surface area contributed by atoms with Crippen LogP contribution in [-0.4, -0.2) is 11.1 Å². The molecule has 108 valence electrons. The van der Waals surface area contributed by atoms with Crippen molar-refractivity contribution in [1.29, 1.82) is 0 Å². The smallest absolute Gasteiger partial charge is 0.410 e. The number of carbonyl (C=O) groups is 1. The number of ether oxygens (including phenoxy) is 1. The van der Waals surface area contributed by atoms with Crippen LogP contribution in [0.25, 0.3) is 10.9 Å². The lowest BCUT2D eigenvalue weighted by Gasteiger charge is -2.27. The Morgan fingerprint density at radius 3 is 2.73 bits per heavy atom. The van der Waals surface area contributed by atoms with Crippen LogP contribution in [0.1, 0.15) is 17.2 Å². The van der Waals surface area contributed by atoms with Crippen LogP contribution in [-0.2, 0) is 0 Å². The van der Waals surface area contributed by atoms with E-state index in [0.29, 0.717) is 5.75 Å². The van der Waals surface area contributed by atoms with Gasteiger partial charge in [-0.1, -0.05) is 34.1 Å². The van der Waals surface area contributed by atoms with E-state index in [9.17, 15) is 4.79 Å². The van der Waals surface area contributed by atoms with E-state index < -0.39 is 6.09 Å². The Bertz CT molecular complexity index is 877. The monoisotopic (exact) mass is 354 g/mol. The lowest BCUT2D eigenvalue weighted by Crippen LogP contribution is -2.36. The second-order valence-electron chi connectivity index (χ2n) is 5.07. The van der Waals surface area contributed by atoms with Crippen LogP contribution in [0.15, 0.2) is 59.2 Å². The molecular weight excluding hydrogens is 344 g/mol. The summed E-state index contributed by atoms with van der Waals surface area (Å²) in [4.78, 5) is 16.2. The summed E-state index contributed by atoms with van der Waals surface area (Å²) in [6.07, 6.45) is 1.31. The summed E-state index contributed by atoms with van der Waals surface area (Å²) < 4.78 is 6.32. The Morgan fingerprint density at radius 1 is 1.09 bits per heavy atom. The highest BCUT2D eigenvalue weighted by atomic mass is 79.9. The number of hydrogen-bond acceptors (Lipinski definition) is 3. The number of amides is 1. The summed E-state index contributed by atoms with van der Waals surface area (Å²) in [5.74, 6) is 0.581. The van der Waals surface area contributed by atoms with Gasteiger partial charge in [0.1, 0.15) is 5.75 Å². The van der Waals surface area contributed by atoms with Gasteiger partial charge in [0, 0.05) is 21.6 Å². The third-order valence-electron chi connectivity index (χ3n) is 3.74. The quantitative estimate of drug-likeness (QED) is 0.712. The lowest BCUT2D eigenvalue weighted by atomic mass is 9.93. The minimum Gasteiger partial charge on any atom is -0.410 e. The van der Waals surface area contributed by atoms with Crippen molar-refractivity contribution in [3.8, 4) is 5.75 Å². The molecule has 0 saturated heterocycles. The number of nitrogens with zero attached hydrogens (tertiary/aromatic N) is 1. The van der Waals surface area contributed by atoms with Crippen molar-refractivity contribution in [3.63, 3.8) is 0 Å². The summed E-state index contributed by atoms with van der Waals surface area (Å²) in [7, 11) is 0. The molecule has 1 atom stereocenters. The Morgan fingerprint density at radius 2 is 1.91 bits per heavy atom. The predicted molar refractivity (Wildman–Crippen MR) is 86.9 cm³/mol. The maximum Gasteiger partial charge on any atom is 0.413 e. The molecule has 1 aliphatic rings. The number of benzene rings is 2. The molecule has 2 aromatic carbocycles. The number of carbonyl (C=O) groups excluding carboxylic acids is 1. The van der Waals surface area contributed by atoms with Crippen LogP contribution in [0.2, 0.25) is 0 Å². The number of rotatable bonds is 1. The molecule has 0 fully saturated rings. The standard InChI is InChI=1S/C17H11BrN2O2/c18-11-5-3-10(4-6-11)16-15-12-2-1-9-19-13(12)7-8-14(15)22-17(21)20-16/h1-9,16H,(H,20,21). The molecule has 2 heterocycles. The molecular formula is C17H11BrN2O2. The molecule has 1 N–H and O–H groups in total. The van der Waals surface area contributed by atoms with E-state index in [1.54, 1.807) is 12.3 Å². The number of halogens is 1. The van der Waals surface area contributed by atoms with Gasteiger partial charge in [0.2, 0.25) is 0 Å². The zero-order valence-electron chi connectivity index (χ0n) is 11.4. The number of nitrogens with one attached hydrogen (secondary N) is 1. The first-order valence-electron chi connectivity index (χ1n) is 6.84. The van der Waals surface area contributed by atoms with Crippen LogP contribution in [0, 0.1) is 0 Å². The lowest BCUT2D eigenvalue weighted by molar-refractivity contribution is 0.191. The Kier molecular flexibility index (Phi) is 3.08. The molecule has 22 heavy (non-hydrogen) atoms. The number of aromatic nitrogens is 1. The van der Waals surface area contributed by atoms with Crippen molar-refractivity contribution < 1.29 is 9.53 Å². The van der Waals surface area contributed by atoms with E-state index in [1.165, 1.54) is 0 Å². The topological polar surface area (TPSA) is 51.2 Å². The van der Waals surface area contributed by atoms with Crippen LogP contribution in [0.3, 0.4) is 0 Å². The molecule has 0 bridgehead atoms. The highest BCUT2D eigenvalue weighted by Gasteiger charge is 2.29. The SMILES string of the molecule is O=C1NC(c2ccc(Br)cc2)c2c(ccc3ncccc23)O1. The average molecular weight is 355 g/mol. The van der Waals surface area contributed by atoms with E-state index in [1.807, 2.05) is 42.5 Å². The summed E-state index contributed by atoms with van der Waals surface area (Å²) in [5.41, 5.74) is 2.81. The number of pyridine rings is 1. The molecule has 0 aliphatic carbocycles. The number of hydrogen-bond donors (Lipinski definition) is 1. The fourth-order valence-corrected chi connectivity index (χ4v) is 3.03. The third kappa shape index (κ3) is 2.14. The molecule has 4 rings (SSSR count). The second-order valence-corrected chi connectivity index (χ2v) is 5.98. The van der Waals surface area contributed by atoms with Crippen molar-refractivity contribution in [1.82, 2.24) is 10.3 Å². The van der Waals surface area contributed by atoms with Crippen molar-refractivity contribution in [2.45, 2.75) is 6.04 Å². The van der Waals surface area contributed by atoms with Gasteiger partial charge in [-0.15, -0.1) is 0 Å². The highest BCUT2D eigenvalue weighted by Crippen LogP contribution is 2.38. The van der Waals surface area contributed by atoms with Crippen molar-refractivity contribution in [2.24, 2.45) is 0 Å². The van der Waals surface area contributed by atoms with Crippen LogP contribution >= 0.6 is 15.9 Å². The van der Waals surface area contributed by atoms with Gasteiger partial charge in [0.25, 0.3) is 0 Å². The average Bonchev–Trinajstić information content (AvgIpc) is 2.54. The summed E-state index contributed by atoms with van der Waals surface area (Å²) in [5, 5.41) is 3.88. The molecule has 0 saturated carbocycles. The second kappa shape index (κ2) is 5.10. The first kappa shape index (κ1) is 13.3. The minimum absolute atomic E-state index is 0.253. The molecule has 3 aromatic rings. The van der Waals surface area contributed by atoms with Crippen molar-refractivity contribution in [3.05, 3.63) is 70.3 Å². The van der Waals surface area contributed by atoms with Crippen LogP contribution in [0.5, 0.6) is 5.75 Å². The Hall–Kier alpha value is -2.40. The van der Waals surface area contributed by atoms with Gasteiger partial charge in [-0.05, 0) is 35.9 Å². The molecule has 4 nitrogen and oxygen atoms in total. The van der Waals surface area contributed by atoms with E-state index in [2.05, 4.69) is 26.2 Å². The van der Waals surface area contributed by atoms with E-state index in [4.69, 9.17) is 4.74 Å². The normalized spacial score (nSPS) is 16.8. The van der Waals surface area contributed by atoms with Gasteiger partial charge in [-0.3, -0.25) is 4.98 Å².